The van der Waals surface area contributed by atoms with Crippen LogP contribution in [0.25, 0.3) is 0 Å². The Bertz CT molecular complexity index is 331. The van der Waals surface area contributed by atoms with E-state index < -0.39 is 0 Å². The minimum absolute atomic E-state index is 0.105. The molecule has 0 spiro atoms. The van der Waals surface area contributed by atoms with Gasteiger partial charge in [0.1, 0.15) is 11.5 Å². The number of methoxy groups -OCH3 is 1. The highest BCUT2D eigenvalue weighted by atomic mass is 16.5. The van der Waals surface area contributed by atoms with Crippen LogP contribution >= 0.6 is 0 Å². The van der Waals surface area contributed by atoms with Crippen molar-refractivity contribution in [1.82, 2.24) is 0 Å². The van der Waals surface area contributed by atoms with Gasteiger partial charge in [0, 0.05) is 19.8 Å². The molecule has 1 atom stereocenters. The van der Waals surface area contributed by atoms with Gasteiger partial charge < -0.3 is 19.7 Å². The third-order valence-corrected chi connectivity index (χ3v) is 2.85. The number of benzene rings is 1. The zero-order valence-corrected chi connectivity index (χ0v) is 11.1. The van der Waals surface area contributed by atoms with Gasteiger partial charge in [0.2, 0.25) is 0 Å². The van der Waals surface area contributed by atoms with Crippen molar-refractivity contribution in [2.75, 3.05) is 26.9 Å². The Kier molecular flexibility index (Phi) is 6.54. The zero-order valence-electron chi connectivity index (χ0n) is 11.1. The lowest BCUT2D eigenvalue weighted by atomic mass is 9.96. The van der Waals surface area contributed by atoms with E-state index in [1.807, 2.05) is 0 Å². The van der Waals surface area contributed by atoms with E-state index in [1.54, 1.807) is 19.2 Å². The molecule has 0 aliphatic heterocycles. The number of phenolic OH excluding ortho intramolecular Hbond substituents is 2. The highest BCUT2D eigenvalue weighted by Crippen LogP contribution is 2.28. The summed E-state index contributed by atoms with van der Waals surface area (Å²) in [7, 11) is 1.65. The van der Waals surface area contributed by atoms with Crippen LogP contribution < -0.4 is 0 Å². The average molecular weight is 254 g/mol. The molecule has 1 aromatic carbocycles. The zero-order chi connectivity index (χ0) is 13.4. The summed E-state index contributed by atoms with van der Waals surface area (Å²) in [6, 6.07) is 4.72. The van der Waals surface area contributed by atoms with E-state index in [0.717, 1.165) is 18.4 Å². The molecule has 0 heterocycles. The molecule has 0 radical (unpaired) electrons. The first kappa shape index (κ1) is 14.8. The van der Waals surface area contributed by atoms with Crippen molar-refractivity contribution in [3.05, 3.63) is 23.8 Å². The number of ether oxygens (including phenoxy) is 2. The lowest BCUT2D eigenvalue weighted by Crippen LogP contribution is -2.04. The van der Waals surface area contributed by atoms with E-state index in [0.29, 0.717) is 19.8 Å². The molecule has 0 bridgehead atoms. The maximum atomic E-state index is 9.41. The Hall–Kier alpha value is -1.26. The topological polar surface area (TPSA) is 58.9 Å². The molecule has 0 saturated heterocycles. The summed E-state index contributed by atoms with van der Waals surface area (Å²) in [5.74, 6) is 0.496. The van der Waals surface area contributed by atoms with Crippen LogP contribution in [-0.4, -0.2) is 37.1 Å². The van der Waals surface area contributed by atoms with Crippen molar-refractivity contribution >= 4 is 0 Å². The second-order valence-corrected chi connectivity index (χ2v) is 4.43. The van der Waals surface area contributed by atoms with Gasteiger partial charge in [0.05, 0.1) is 13.2 Å². The van der Waals surface area contributed by atoms with Crippen molar-refractivity contribution in [1.29, 1.82) is 0 Å². The second kappa shape index (κ2) is 7.95. The van der Waals surface area contributed by atoms with E-state index >= 15 is 0 Å². The first-order valence-corrected chi connectivity index (χ1v) is 6.23. The van der Waals surface area contributed by atoms with Crippen LogP contribution in [-0.2, 0) is 9.47 Å². The van der Waals surface area contributed by atoms with Crippen LogP contribution in [0.3, 0.4) is 0 Å². The van der Waals surface area contributed by atoms with Crippen LogP contribution in [0.15, 0.2) is 18.2 Å². The normalized spacial score (nSPS) is 12.6. The molecule has 1 rings (SSSR count). The smallest absolute Gasteiger partial charge is 0.119 e. The average Bonchev–Trinajstić information content (AvgIpc) is 2.32. The van der Waals surface area contributed by atoms with Crippen molar-refractivity contribution in [2.24, 2.45) is 0 Å². The molecular weight excluding hydrogens is 232 g/mol. The Labute approximate surface area is 108 Å². The number of hydrogen-bond donors (Lipinski definition) is 2. The number of hydrogen-bond acceptors (Lipinski definition) is 4. The highest BCUT2D eigenvalue weighted by molar-refractivity contribution is 5.38. The van der Waals surface area contributed by atoms with E-state index in [-0.39, 0.29) is 17.4 Å². The summed E-state index contributed by atoms with van der Waals surface area (Å²) < 4.78 is 10.3. The van der Waals surface area contributed by atoms with E-state index in [1.165, 1.54) is 6.07 Å². The summed E-state index contributed by atoms with van der Waals surface area (Å²) >= 11 is 0. The van der Waals surface area contributed by atoms with Crippen LogP contribution in [0.1, 0.15) is 31.2 Å². The third-order valence-electron chi connectivity index (χ3n) is 2.85. The monoisotopic (exact) mass is 254 g/mol. The number of phenols is 2. The molecule has 2 N–H and O–H groups in total. The maximum absolute atomic E-state index is 9.41. The van der Waals surface area contributed by atoms with E-state index in [2.05, 4.69) is 6.92 Å². The molecule has 18 heavy (non-hydrogen) atoms. The molecule has 0 saturated carbocycles. The molecule has 0 amide bonds. The quantitative estimate of drug-likeness (QED) is 0.700. The van der Waals surface area contributed by atoms with Crippen molar-refractivity contribution < 1.29 is 19.7 Å². The standard InChI is InChI=1S/C14H22O4/c1-11(4-3-5-18-7-6-17-2)12-8-13(15)10-14(16)9-12/h8-11,15-16H,3-7H2,1-2H3. The van der Waals surface area contributed by atoms with Gasteiger partial charge >= 0.3 is 0 Å². The van der Waals surface area contributed by atoms with Gasteiger partial charge in [0.25, 0.3) is 0 Å². The van der Waals surface area contributed by atoms with Gasteiger partial charge in [-0.3, -0.25) is 0 Å². The molecule has 0 aliphatic carbocycles. The summed E-state index contributed by atoms with van der Waals surface area (Å²) in [6.45, 7) is 4.02. The van der Waals surface area contributed by atoms with Crippen molar-refractivity contribution in [3.8, 4) is 11.5 Å². The molecular formula is C14H22O4. The molecule has 0 fully saturated rings. The van der Waals surface area contributed by atoms with Crippen molar-refractivity contribution in [3.63, 3.8) is 0 Å². The largest absolute Gasteiger partial charge is 0.508 e. The van der Waals surface area contributed by atoms with Crippen LogP contribution in [0.4, 0.5) is 0 Å². The molecule has 0 aliphatic rings. The summed E-state index contributed by atoms with van der Waals surface area (Å²) in [5.41, 5.74) is 0.949. The van der Waals surface area contributed by atoms with Crippen LogP contribution in [0.2, 0.25) is 0 Å². The Balaban J connectivity index is 2.29. The predicted octanol–water partition coefficient (Wildman–Crippen LogP) is 2.64. The van der Waals surface area contributed by atoms with Gasteiger partial charge in [-0.25, -0.2) is 0 Å². The molecule has 0 aromatic heterocycles. The van der Waals surface area contributed by atoms with Crippen molar-refractivity contribution in [2.45, 2.75) is 25.7 Å². The van der Waals surface area contributed by atoms with Gasteiger partial charge in [0.15, 0.2) is 0 Å². The summed E-state index contributed by atoms with van der Waals surface area (Å²) in [6.07, 6.45) is 1.90. The minimum Gasteiger partial charge on any atom is -0.508 e. The Morgan fingerprint density at radius 3 is 2.33 bits per heavy atom. The van der Waals surface area contributed by atoms with E-state index in [4.69, 9.17) is 9.47 Å². The fourth-order valence-corrected chi connectivity index (χ4v) is 1.81. The summed E-state index contributed by atoms with van der Waals surface area (Å²) in [5, 5.41) is 18.8. The highest BCUT2D eigenvalue weighted by Gasteiger charge is 2.08. The fourth-order valence-electron chi connectivity index (χ4n) is 1.81. The summed E-state index contributed by atoms with van der Waals surface area (Å²) in [4.78, 5) is 0. The molecule has 4 heteroatoms. The minimum atomic E-state index is 0.105. The predicted molar refractivity (Wildman–Crippen MR) is 70.1 cm³/mol. The first-order chi connectivity index (χ1) is 8.63. The Morgan fingerprint density at radius 2 is 1.72 bits per heavy atom. The van der Waals surface area contributed by atoms with E-state index in [9.17, 15) is 10.2 Å². The maximum Gasteiger partial charge on any atom is 0.119 e. The third kappa shape index (κ3) is 5.38. The lowest BCUT2D eigenvalue weighted by Gasteiger charge is -2.12. The lowest BCUT2D eigenvalue weighted by molar-refractivity contribution is 0.0683. The second-order valence-electron chi connectivity index (χ2n) is 4.43. The molecule has 102 valence electrons. The van der Waals surface area contributed by atoms with Gasteiger partial charge in [-0.05, 0) is 36.5 Å². The Morgan fingerprint density at radius 1 is 1.06 bits per heavy atom. The van der Waals surface area contributed by atoms with Gasteiger partial charge in [-0.1, -0.05) is 6.92 Å². The van der Waals surface area contributed by atoms with Crippen LogP contribution in [0, 0.1) is 0 Å². The van der Waals surface area contributed by atoms with Gasteiger partial charge in [-0.15, -0.1) is 0 Å². The molecule has 1 unspecified atom stereocenters. The fraction of sp³-hybridized carbons (Fsp3) is 0.571. The number of aromatic hydroxyl groups is 2. The molecule has 1 aromatic rings. The SMILES string of the molecule is COCCOCCCC(C)c1cc(O)cc(O)c1. The molecule has 4 nitrogen and oxygen atoms in total. The first-order valence-electron chi connectivity index (χ1n) is 6.23. The van der Waals surface area contributed by atoms with Gasteiger partial charge in [-0.2, -0.15) is 0 Å². The number of rotatable bonds is 8. The van der Waals surface area contributed by atoms with Crippen LogP contribution in [0.5, 0.6) is 11.5 Å².